The first-order valence-electron chi connectivity index (χ1n) is 5.74. The van der Waals surface area contributed by atoms with Crippen LogP contribution >= 0.6 is 24.8 Å². The van der Waals surface area contributed by atoms with Crippen molar-refractivity contribution in [2.24, 2.45) is 5.73 Å². The minimum Gasteiger partial charge on any atom is -0.330 e. The molecule has 0 saturated carbocycles. The van der Waals surface area contributed by atoms with E-state index in [-0.39, 0.29) is 30.7 Å². The second kappa shape index (κ2) is 12.6. The maximum atomic E-state index is 11.5. The van der Waals surface area contributed by atoms with Gasteiger partial charge in [-0.2, -0.15) is 0 Å². The topological polar surface area (TPSA) is 68.0 Å². The molecule has 3 N–H and O–H groups in total. The zero-order valence-corrected chi connectivity index (χ0v) is 11.9. The molecule has 1 amide bonds. The predicted octanol–water partition coefficient (Wildman–Crippen LogP) is 2.77. The van der Waals surface area contributed by atoms with Gasteiger partial charge < -0.3 is 11.1 Å². The summed E-state index contributed by atoms with van der Waals surface area (Å²) in [5.74, 6) is 0.654. The van der Waals surface area contributed by atoms with Crippen LogP contribution in [0.5, 0.6) is 0 Å². The number of nitrogens with two attached hydrogens (primary N) is 1. The molecule has 1 aromatic heterocycles. The molecule has 0 aliphatic heterocycles. The van der Waals surface area contributed by atoms with E-state index in [0.717, 1.165) is 32.2 Å². The van der Waals surface area contributed by atoms with E-state index in [4.69, 9.17) is 5.73 Å². The third kappa shape index (κ3) is 9.22. The maximum absolute atomic E-state index is 11.5. The Hall–Kier alpha value is -0.840. The molecule has 0 bridgehead atoms. The third-order valence-corrected chi connectivity index (χ3v) is 2.29. The van der Waals surface area contributed by atoms with E-state index in [9.17, 15) is 4.79 Å². The van der Waals surface area contributed by atoms with Crippen molar-refractivity contribution in [1.29, 1.82) is 0 Å². The lowest BCUT2D eigenvalue weighted by atomic mass is 10.1. The molecular weight excluding hydrogens is 273 g/mol. The summed E-state index contributed by atoms with van der Waals surface area (Å²) in [6.45, 7) is 0.736. The van der Waals surface area contributed by atoms with Gasteiger partial charge in [-0.25, -0.2) is 4.98 Å². The maximum Gasteiger partial charge on any atom is 0.225 e. The summed E-state index contributed by atoms with van der Waals surface area (Å²) >= 11 is 0. The van der Waals surface area contributed by atoms with Gasteiger partial charge in [-0.1, -0.05) is 18.9 Å². The summed E-state index contributed by atoms with van der Waals surface area (Å²) in [5.41, 5.74) is 5.39. The van der Waals surface area contributed by atoms with Gasteiger partial charge in [-0.3, -0.25) is 4.79 Å². The second-order valence-electron chi connectivity index (χ2n) is 3.72. The first-order chi connectivity index (χ1) is 7.83. The highest BCUT2D eigenvalue weighted by Crippen LogP contribution is 2.05. The molecule has 0 spiro atoms. The highest BCUT2D eigenvalue weighted by atomic mass is 35.5. The number of pyridine rings is 1. The van der Waals surface area contributed by atoms with Crippen molar-refractivity contribution >= 4 is 36.5 Å². The number of rotatable bonds is 7. The molecule has 0 saturated heterocycles. The number of hydrogen-bond donors (Lipinski definition) is 2. The van der Waals surface area contributed by atoms with Crippen LogP contribution in [0.3, 0.4) is 0 Å². The number of anilines is 1. The Balaban J connectivity index is 0. The van der Waals surface area contributed by atoms with E-state index in [1.807, 2.05) is 12.1 Å². The fraction of sp³-hybridized carbons (Fsp3) is 0.500. The quantitative estimate of drug-likeness (QED) is 0.760. The Morgan fingerprint density at radius 3 is 2.50 bits per heavy atom. The number of carbonyl (C=O) groups excluding carboxylic acids is 1. The van der Waals surface area contributed by atoms with E-state index in [1.165, 1.54) is 0 Å². The van der Waals surface area contributed by atoms with E-state index in [0.29, 0.717) is 12.2 Å². The lowest BCUT2D eigenvalue weighted by molar-refractivity contribution is -0.116. The Morgan fingerprint density at radius 2 is 1.89 bits per heavy atom. The zero-order chi connectivity index (χ0) is 11.6. The normalized spacial score (nSPS) is 8.94. The number of hydrogen-bond acceptors (Lipinski definition) is 3. The van der Waals surface area contributed by atoms with Crippen molar-refractivity contribution in [2.75, 3.05) is 11.9 Å². The van der Waals surface area contributed by atoms with Crippen LogP contribution in [0.25, 0.3) is 0 Å². The number of halogens is 2. The number of nitrogens with one attached hydrogen (secondary N) is 1. The van der Waals surface area contributed by atoms with Gasteiger partial charge >= 0.3 is 0 Å². The summed E-state index contributed by atoms with van der Waals surface area (Å²) in [5, 5.41) is 2.76. The lowest BCUT2D eigenvalue weighted by Crippen LogP contribution is -2.12. The second-order valence-corrected chi connectivity index (χ2v) is 3.72. The molecule has 0 atom stereocenters. The monoisotopic (exact) mass is 293 g/mol. The van der Waals surface area contributed by atoms with Gasteiger partial charge in [0.05, 0.1) is 0 Å². The molecule has 0 fully saturated rings. The fourth-order valence-electron chi connectivity index (χ4n) is 1.43. The standard InChI is InChI=1S/C12H19N3O.2ClH/c13-9-5-2-1-3-8-12(16)15-11-7-4-6-10-14-11;;/h4,6-7,10H,1-3,5,8-9,13H2,(H,14,15,16);2*1H. The Bertz CT molecular complexity index is 309. The zero-order valence-electron chi connectivity index (χ0n) is 10.3. The van der Waals surface area contributed by atoms with Crippen molar-refractivity contribution in [3.8, 4) is 0 Å². The van der Waals surface area contributed by atoms with Gasteiger partial charge in [-0.15, -0.1) is 24.8 Å². The van der Waals surface area contributed by atoms with E-state index >= 15 is 0 Å². The SMILES string of the molecule is Cl.Cl.NCCCCCCC(=O)Nc1ccccn1. The molecule has 4 nitrogen and oxygen atoms in total. The van der Waals surface area contributed by atoms with E-state index in [2.05, 4.69) is 10.3 Å². The van der Waals surface area contributed by atoms with Crippen LogP contribution in [0.1, 0.15) is 32.1 Å². The van der Waals surface area contributed by atoms with Crippen LogP contribution in [-0.4, -0.2) is 17.4 Å². The third-order valence-electron chi connectivity index (χ3n) is 2.29. The molecule has 0 radical (unpaired) electrons. The summed E-state index contributed by atoms with van der Waals surface area (Å²) < 4.78 is 0. The highest BCUT2D eigenvalue weighted by molar-refractivity contribution is 5.89. The Labute approximate surface area is 121 Å². The van der Waals surface area contributed by atoms with Gasteiger partial charge in [-0.05, 0) is 31.5 Å². The van der Waals surface area contributed by atoms with Crippen molar-refractivity contribution < 1.29 is 4.79 Å². The van der Waals surface area contributed by atoms with Crippen molar-refractivity contribution in [3.63, 3.8) is 0 Å². The van der Waals surface area contributed by atoms with Crippen molar-refractivity contribution in [3.05, 3.63) is 24.4 Å². The van der Waals surface area contributed by atoms with Gasteiger partial charge in [0, 0.05) is 12.6 Å². The van der Waals surface area contributed by atoms with E-state index in [1.54, 1.807) is 12.3 Å². The average Bonchev–Trinajstić information content (AvgIpc) is 2.30. The molecule has 0 unspecified atom stereocenters. The minimum atomic E-state index is 0. The molecule has 6 heteroatoms. The molecule has 0 aliphatic carbocycles. The van der Waals surface area contributed by atoms with Gasteiger partial charge in [0.25, 0.3) is 0 Å². The molecular formula is C12H21Cl2N3O. The van der Waals surface area contributed by atoms with Gasteiger partial charge in [0.15, 0.2) is 0 Å². The van der Waals surface area contributed by atoms with Crippen LogP contribution in [-0.2, 0) is 4.79 Å². The molecule has 0 aromatic carbocycles. The molecule has 18 heavy (non-hydrogen) atoms. The summed E-state index contributed by atoms with van der Waals surface area (Å²) in [4.78, 5) is 15.5. The number of unbranched alkanes of at least 4 members (excludes halogenated alkanes) is 3. The average molecular weight is 294 g/mol. The number of nitrogens with zero attached hydrogens (tertiary/aromatic N) is 1. The smallest absolute Gasteiger partial charge is 0.225 e. The van der Waals surface area contributed by atoms with E-state index < -0.39 is 0 Å². The molecule has 1 rings (SSSR count). The summed E-state index contributed by atoms with van der Waals surface area (Å²) in [6, 6.07) is 5.46. The Kier molecular flexibility index (Phi) is 13.7. The molecule has 1 aromatic rings. The predicted molar refractivity (Wildman–Crippen MR) is 79.5 cm³/mol. The van der Waals surface area contributed by atoms with Crippen molar-refractivity contribution in [1.82, 2.24) is 4.98 Å². The number of amides is 1. The van der Waals surface area contributed by atoms with Crippen LogP contribution in [0.2, 0.25) is 0 Å². The molecule has 1 heterocycles. The first-order valence-corrected chi connectivity index (χ1v) is 5.74. The fourth-order valence-corrected chi connectivity index (χ4v) is 1.43. The van der Waals surface area contributed by atoms with Crippen molar-refractivity contribution in [2.45, 2.75) is 32.1 Å². The summed E-state index contributed by atoms with van der Waals surface area (Å²) in [7, 11) is 0. The Morgan fingerprint density at radius 1 is 1.17 bits per heavy atom. The van der Waals surface area contributed by atoms with Crippen LogP contribution in [0.4, 0.5) is 5.82 Å². The van der Waals surface area contributed by atoms with Crippen LogP contribution in [0.15, 0.2) is 24.4 Å². The lowest BCUT2D eigenvalue weighted by Gasteiger charge is -2.03. The summed E-state index contributed by atoms with van der Waals surface area (Å²) in [6.07, 6.45) is 6.35. The number of carbonyl (C=O) groups is 1. The largest absolute Gasteiger partial charge is 0.330 e. The minimum absolute atomic E-state index is 0. The molecule has 0 aliphatic rings. The van der Waals surface area contributed by atoms with Gasteiger partial charge in [0.2, 0.25) is 5.91 Å². The van der Waals surface area contributed by atoms with Crippen LogP contribution in [0, 0.1) is 0 Å². The van der Waals surface area contributed by atoms with Gasteiger partial charge in [0.1, 0.15) is 5.82 Å². The highest BCUT2D eigenvalue weighted by Gasteiger charge is 2.01. The molecule has 104 valence electrons. The number of aromatic nitrogens is 1. The first kappa shape index (κ1) is 19.5. The van der Waals surface area contributed by atoms with Crippen LogP contribution < -0.4 is 11.1 Å².